The van der Waals surface area contributed by atoms with Crippen LogP contribution in [0.5, 0.6) is 11.5 Å². The minimum Gasteiger partial charge on any atom is -0.493 e. The molecule has 4 heteroatoms. The monoisotopic (exact) mass is 260 g/mol. The average Bonchev–Trinajstić information content (AvgIpc) is 2.97. The summed E-state index contributed by atoms with van der Waals surface area (Å²) in [6, 6.07) is 10.2. The Morgan fingerprint density at radius 2 is 1.79 bits per heavy atom. The quantitative estimate of drug-likeness (QED) is 0.866. The highest BCUT2D eigenvalue weighted by atomic mass is 16.5. The molecule has 19 heavy (non-hydrogen) atoms. The number of ether oxygens (including phenoxy) is 2. The van der Waals surface area contributed by atoms with Crippen molar-refractivity contribution < 1.29 is 9.47 Å². The minimum absolute atomic E-state index is 0.229. The predicted octanol–water partition coefficient (Wildman–Crippen LogP) is 3.20. The SMILES string of the molecule is CCC(Nn1cccc1)c1ccc(OC)c(OC)c1. The summed E-state index contributed by atoms with van der Waals surface area (Å²) in [6.45, 7) is 2.15. The normalized spacial score (nSPS) is 11.9. The highest BCUT2D eigenvalue weighted by Gasteiger charge is 2.12. The Morgan fingerprint density at radius 1 is 1.11 bits per heavy atom. The van der Waals surface area contributed by atoms with Gasteiger partial charge in [-0.2, -0.15) is 0 Å². The fourth-order valence-electron chi connectivity index (χ4n) is 2.07. The van der Waals surface area contributed by atoms with E-state index in [0.29, 0.717) is 0 Å². The first kappa shape index (κ1) is 13.3. The summed E-state index contributed by atoms with van der Waals surface area (Å²) in [5.74, 6) is 1.51. The molecule has 0 spiro atoms. The Bertz CT molecular complexity index is 509. The van der Waals surface area contributed by atoms with Crippen molar-refractivity contribution in [3.05, 3.63) is 48.3 Å². The maximum atomic E-state index is 5.35. The molecule has 1 aromatic heterocycles. The van der Waals surface area contributed by atoms with Crippen LogP contribution in [0.25, 0.3) is 0 Å². The first-order valence-electron chi connectivity index (χ1n) is 6.40. The molecule has 0 aliphatic heterocycles. The van der Waals surface area contributed by atoms with Crippen LogP contribution in [-0.4, -0.2) is 18.9 Å². The van der Waals surface area contributed by atoms with E-state index in [2.05, 4.69) is 18.4 Å². The van der Waals surface area contributed by atoms with Crippen molar-refractivity contribution in [2.45, 2.75) is 19.4 Å². The molecular formula is C15H20N2O2. The zero-order chi connectivity index (χ0) is 13.7. The number of nitrogens with zero attached hydrogens (tertiary/aromatic N) is 1. The molecule has 0 amide bonds. The van der Waals surface area contributed by atoms with E-state index in [4.69, 9.17) is 9.47 Å². The molecule has 1 aromatic carbocycles. The molecule has 0 bridgehead atoms. The molecule has 1 unspecified atom stereocenters. The number of hydrogen-bond acceptors (Lipinski definition) is 3. The average molecular weight is 260 g/mol. The number of benzene rings is 1. The zero-order valence-corrected chi connectivity index (χ0v) is 11.6. The van der Waals surface area contributed by atoms with E-state index in [0.717, 1.165) is 17.9 Å². The van der Waals surface area contributed by atoms with Crippen LogP contribution in [0.2, 0.25) is 0 Å². The smallest absolute Gasteiger partial charge is 0.161 e. The Labute approximate surface area is 113 Å². The van der Waals surface area contributed by atoms with E-state index in [1.807, 2.05) is 41.3 Å². The summed E-state index contributed by atoms with van der Waals surface area (Å²) < 4.78 is 12.6. The van der Waals surface area contributed by atoms with Crippen LogP contribution in [0.4, 0.5) is 0 Å². The Kier molecular flexibility index (Phi) is 4.34. The van der Waals surface area contributed by atoms with Crippen LogP contribution in [0.3, 0.4) is 0 Å². The second-order valence-corrected chi connectivity index (χ2v) is 4.29. The highest BCUT2D eigenvalue weighted by molar-refractivity contribution is 5.44. The number of aromatic nitrogens is 1. The van der Waals surface area contributed by atoms with Crippen LogP contribution in [-0.2, 0) is 0 Å². The van der Waals surface area contributed by atoms with Crippen molar-refractivity contribution in [2.75, 3.05) is 19.6 Å². The van der Waals surface area contributed by atoms with Crippen LogP contribution >= 0.6 is 0 Å². The van der Waals surface area contributed by atoms with E-state index >= 15 is 0 Å². The number of nitrogens with one attached hydrogen (secondary N) is 1. The highest BCUT2D eigenvalue weighted by Crippen LogP contribution is 2.31. The molecule has 0 saturated carbocycles. The molecule has 1 heterocycles. The Balaban J connectivity index is 2.23. The van der Waals surface area contributed by atoms with Gasteiger partial charge in [0.25, 0.3) is 0 Å². The summed E-state index contributed by atoms with van der Waals surface area (Å²) >= 11 is 0. The molecule has 0 aliphatic rings. The van der Waals surface area contributed by atoms with Crippen molar-refractivity contribution in [2.24, 2.45) is 0 Å². The third kappa shape index (κ3) is 3.02. The summed E-state index contributed by atoms with van der Waals surface area (Å²) in [7, 11) is 3.30. The second-order valence-electron chi connectivity index (χ2n) is 4.29. The van der Waals surface area contributed by atoms with Gasteiger partial charge in [0.2, 0.25) is 0 Å². The third-order valence-corrected chi connectivity index (χ3v) is 3.13. The summed E-state index contributed by atoms with van der Waals surface area (Å²) in [5.41, 5.74) is 4.61. The van der Waals surface area contributed by atoms with Gasteiger partial charge in [-0.3, -0.25) is 4.68 Å². The molecule has 102 valence electrons. The van der Waals surface area contributed by atoms with Crippen LogP contribution in [0, 0.1) is 0 Å². The molecule has 1 atom stereocenters. The van der Waals surface area contributed by atoms with Crippen molar-refractivity contribution in [1.29, 1.82) is 0 Å². The molecule has 0 radical (unpaired) electrons. The van der Waals surface area contributed by atoms with E-state index in [9.17, 15) is 0 Å². The topological polar surface area (TPSA) is 35.4 Å². The molecule has 0 fully saturated rings. The number of rotatable bonds is 6. The first-order valence-corrected chi connectivity index (χ1v) is 6.40. The summed E-state index contributed by atoms with van der Waals surface area (Å²) in [4.78, 5) is 0. The molecule has 4 nitrogen and oxygen atoms in total. The lowest BCUT2D eigenvalue weighted by molar-refractivity contribution is 0.354. The predicted molar refractivity (Wildman–Crippen MR) is 76.4 cm³/mol. The lowest BCUT2D eigenvalue weighted by Crippen LogP contribution is -2.19. The van der Waals surface area contributed by atoms with Crippen molar-refractivity contribution in [3.8, 4) is 11.5 Å². The Morgan fingerprint density at radius 3 is 2.37 bits per heavy atom. The molecule has 2 aromatic rings. The standard InChI is InChI=1S/C15H20N2O2/c1-4-13(16-17-9-5-6-10-17)12-7-8-14(18-2)15(11-12)19-3/h5-11,13,16H,4H2,1-3H3. The summed E-state index contributed by atoms with van der Waals surface area (Å²) in [6.07, 6.45) is 4.96. The van der Waals surface area contributed by atoms with Gasteiger partial charge < -0.3 is 14.9 Å². The van der Waals surface area contributed by atoms with Crippen LogP contribution in [0.15, 0.2) is 42.7 Å². The summed E-state index contributed by atoms with van der Waals surface area (Å²) in [5, 5.41) is 0. The number of methoxy groups -OCH3 is 2. The number of hydrogen-bond donors (Lipinski definition) is 1. The molecule has 0 saturated heterocycles. The van der Waals surface area contributed by atoms with Gasteiger partial charge in [-0.1, -0.05) is 13.0 Å². The third-order valence-electron chi connectivity index (χ3n) is 3.13. The molecule has 2 rings (SSSR count). The fourth-order valence-corrected chi connectivity index (χ4v) is 2.07. The maximum Gasteiger partial charge on any atom is 0.161 e. The maximum absolute atomic E-state index is 5.35. The largest absolute Gasteiger partial charge is 0.493 e. The lowest BCUT2D eigenvalue weighted by Gasteiger charge is -2.20. The van der Waals surface area contributed by atoms with E-state index in [1.165, 1.54) is 5.56 Å². The van der Waals surface area contributed by atoms with E-state index in [-0.39, 0.29) is 6.04 Å². The van der Waals surface area contributed by atoms with Gasteiger partial charge in [0.05, 0.1) is 20.3 Å². The van der Waals surface area contributed by atoms with Gasteiger partial charge in [0.1, 0.15) is 0 Å². The van der Waals surface area contributed by atoms with Gasteiger partial charge in [-0.15, -0.1) is 0 Å². The van der Waals surface area contributed by atoms with Gasteiger partial charge in [-0.05, 0) is 36.2 Å². The van der Waals surface area contributed by atoms with Crippen molar-refractivity contribution in [3.63, 3.8) is 0 Å². The van der Waals surface area contributed by atoms with Crippen molar-refractivity contribution in [1.82, 2.24) is 4.68 Å². The molecule has 1 N–H and O–H groups in total. The first-order chi connectivity index (χ1) is 9.28. The van der Waals surface area contributed by atoms with Crippen LogP contribution in [0.1, 0.15) is 24.9 Å². The minimum atomic E-state index is 0.229. The van der Waals surface area contributed by atoms with E-state index in [1.54, 1.807) is 14.2 Å². The van der Waals surface area contributed by atoms with Gasteiger partial charge >= 0.3 is 0 Å². The van der Waals surface area contributed by atoms with Gasteiger partial charge in [-0.25, -0.2) is 0 Å². The van der Waals surface area contributed by atoms with Gasteiger partial charge in [0, 0.05) is 12.4 Å². The zero-order valence-electron chi connectivity index (χ0n) is 11.6. The second kappa shape index (κ2) is 6.18. The lowest BCUT2D eigenvalue weighted by atomic mass is 10.0. The Hall–Kier alpha value is -2.10. The molecular weight excluding hydrogens is 240 g/mol. The fraction of sp³-hybridized carbons (Fsp3) is 0.333. The van der Waals surface area contributed by atoms with E-state index < -0.39 is 0 Å². The van der Waals surface area contributed by atoms with Crippen LogP contribution < -0.4 is 14.9 Å². The van der Waals surface area contributed by atoms with Crippen molar-refractivity contribution >= 4 is 0 Å². The molecule has 0 aliphatic carbocycles. The van der Waals surface area contributed by atoms with Gasteiger partial charge in [0.15, 0.2) is 11.5 Å².